The average molecular weight is 519 g/mol. The highest BCUT2D eigenvalue weighted by Gasteiger charge is 2.67. The molecule has 1 heterocycles. The Morgan fingerprint density at radius 1 is 1.32 bits per heavy atom. The summed E-state index contributed by atoms with van der Waals surface area (Å²) in [4.78, 5) is 37.4. The zero-order valence-electron chi connectivity index (χ0n) is 22.5. The first-order valence-electron chi connectivity index (χ1n) is 13.5. The number of aliphatic hydroxyl groups excluding tert-OH is 1. The van der Waals surface area contributed by atoms with Crippen LogP contribution in [0.15, 0.2) is 23.8 Å². The van der Waals surface area contributed by atoms with E-state index in [0.29, 0.717) is 12.8 Å². The van der Waals surface area contributed by atoms with E-state index in [1.165, 1.54) is 0 Å². The maximum Gasteiger partial charge on any atom is 0.235 e. The van der Waals surface area contributed by atoms with Crippen LogP contribution in [0.25, 0.3) is 0 Å². The summed E-state index contributed by atoms with van der Waals surface area (Å²) in [6.45, 7) is 7.90. The smallest absolute Gasteiger partial charge is 0.235 e. The minimum atomic E-state index is -1.29. The molecule has 4 aliphatic rings. The third kappa shape index (κ3) is 4.74. The number of carbonyl (C=O) groups is 3. The van der Waals surface area contributed by atoms with Crippen molar-refractivity contribution in [2.75, 3.05) is 26.5 Å². The average Bonchev–Trinajstić information content (AvgIpc) is 3.30. The molecule has 1 saturated heterocycles. The number of ether oxygens (including phenoxy) is 3. The van der Waals surface area contributed by atoms with E-state index in [9.17, 15) is 19.5 Å². The highest BCUT2D eigenvalue weighted by atomic mass is 16.7. The van der Waals surface area contributed by atoms with Crippen LogP contribution in [0.4, 0.5) is 0 Å². The van der Waals surface area contributed by atoms with E-state index in [-0.39, 0.29) is 61.7 Å². The number of fused-ring (bicyclic) bond motifs is 3. The highest BCUT2D eigenvalue weighted by Crippen LogP contribution is 2.63. The van der Waals surface area contributed by atoms with E-state index in [4.69, 9.17) is 19.9 Å². The summed E-state index contributed by atoms with van der Waals surface area (Å²) in [5, 5.41) is 14.2. The monoisotopic (exact) mass is 518 g/mol. The number of ketones is 2. The molecule has 1 amide bonds. The van der Waals surface area contributed by atoms with Gasteiger partial charge >= 0.3 is 0 Å². The zero-order chi connectivity index (χ0) is 27.0. The molecule has 0 aromatic rings. The van der Waals surface area contributed by atoms with Gasteiger partial charge in [0, 0.05) is 16.7 Å². The number of nitrogens with one attached hydrogen (secondary N) is 1. The second kappa shape index (κ2) is 10.7. The largest absolute Gasteiger partial charge is 0.393 e. The summed E-state index contributed by atoms with van der Waals surface area (Å²) in [5.41, 5.74) is 3.99. The molecule has 1 aliphatic heterocycles. The lowest BCUT2D eigenvalue weighted by atomic mass is 9.44. The van der Waals surface area contributed by atoms with Gasteiger partial charge in [-0.25, -0.2) is 0 Å². The number of hydrogen-bond acceptors (Lipinski definition) is 8. The summed E-state index contributed by atoms with van der Waals surface area (Å²) in [7, 11) is 0. The number of allylic oxidation sites excluding steroid dienone is 4. The van der Waals surface area contributed by atoms with Crippen molar-refractivity contribution in [2.45, 2.75) is 77.8 Å². The fraction of sp³-hybridized carbons (Fsp3) is 0.750. The van der Waals surface area contributed by atoms with Crippen LogP contribution >= 0.6 is 0 Å². The van der Waals surface area contributed by atoms with Gasteiger partial charge in [0.15, 0.2) is 23.5 Å². The molecule has 3 fully saturated rings. The molecule has 37 heavy (non-hydrogen) atoms. The van der Waals surface area contributed by atoms with Gasteiger partial charge < -0.3 is 30.4 Å². The molecule has 206 valence electrons. The number of carbonyl (C=O) groups excluding carboxylic acids is 3. The van der Waals surface area contributed by atoms with Crippen LogP contribution < -0.4 is 11.1 Å². The van der Waals surface area contributed by atoms with E-state index in [1.54, 1.807) is 12.2 Å². The highest BCUT2D eigenvalue weighted by molar-refractivity contribution is 6.01. The van der Waals surface area contributed by atoms with Crippen molar-refractivity contribution in [2.24, 2.45) is 34.3 Å². The first-order valence-corrected chi connectivity index (χ1v) is 13.5. The molecule has 4 N–H and O–H groups in total. The Balaban J connectivity index is 1.62. The van der Waals surface area contributed by atoms with Crippen LogP contribution in [0.2, 0.25) is 0 Å². The molecule has 4 rings (SSSR count). The van der Waals surface area contributed by atoms with Crippen LogP contribution in [0.3, 0.4) is 0 Å². The number of hydrogen-bond donors (Lipinski definition) is 3. The molecule has 9 heteroatoms. The van der Waals surface area contributed by atoms with E-state index in [0.717, 1.165) is 24.8 Å². The molecule has 0 radical (unpaired) electrons. The molecule has 0 bridgehead atoms. The molecule has 0 aromatic heterocycles. The molecule has 3 aliphatic carbocycles. The van der Waals surface area contributed by atoms with E-state index >= 15 is 0 Å². The van der Waals surface area contributed by atoms with Gasteiger partial charge in [-0.15, -0.1) is 0 Å². The van der Waals surface area contributed by atoms with Crippen molar-refractivity contribution in [3.63, 3.8) is 0 Å². The molecule has 0 aromatic carbocycles. The van der Waals surface area contributed by atoms with Crippen molar-refractivity contribution in [3.05, 3.63) is 23.8 Å². The summed E-state index contributed by atoms with van der Waals surface area (Å²) < 4.78 is 18.0. The normalized spacial score (nSPS) is 41.1. The minimum absolute atomic E-state index is 0.000201. The predicted octanol–water partition coefficient (Wildman–Crippen LogP) is 2.02. The van der Waals surface area contributed by atoms with Crippen LogP contribution in [-0.4, -0.2) is 67.1 Å². The fourth-order valence-corrected chi connectivity index (χ4v) is 7.46. The van der Waals surface area contributed by atoms with Gasteiger partial charge in [0.2, 0.25) is 5.91 Å². The Kier molecular flexibility index (Phi) is 8.12. The molecule has 8 unspecified atom stereocenters. The van der Waals surface area contributed by atoms with Crippen LogP contribution in [0.5, 0.6) is 0 Å². The Bertz CT molecular complexity index is 980. The van der Waals surface area contributed by atoms with Crippen molar-refractivity contribution in [1.29, 1.82) is 0 Å². The molecular weight excluding hydrogens is 476 g/mol. The molecule has 0 spiro atoms. The van der Waals surface area contributed by atoms with E-state index in [1.807, 2.05) is 19.9 Å². The summed E-state index contributed by atoms with van der Waals surface area (Å²) >= 11 is 0. The Morgan fingerprint density at radius 2 is 2.08 bits per heavy atom. The standard InChI is InChI=1S/C28H42N2O7/c1-5-6-24-36-15-28(37-24,22(33)14-35-16-30-23(34)13-29)27(4)12-21(32)25-20(17(27)2)8-7-18-11-19(31)9-10-26(18,25)3/h9-11,17,20-21,24-25,32H,5-8,12-16,29H2,1-4H3,(H,30,34). The van der Waals surface area contributed by atoms with Crippen molar-refractivity contribution < 1.29 is 33.7 Å². The van der Waals surface area contributed by atoms with Crippen LogP contribution in [0.1, 0.15) is 59.8 Å². The number of Topliss-reactive ketones (excluding diaryl/α,β-unsaturated/α-hetero) is 1. The first-order chi connectivity index (χ1) is 17.5. The van der Waals surface area contributed by atoms with Crippen LogP contribution in [0, 0.1) is 28.6 Å². The quantitative estimate of drug-likeness (QED) is 0.311. The third-order valence-electron chi connectivity index (χ3n) is 9.69. The van der Waals surface area contributed by atoms with Gasteiger partial charge in [0.05, 0.1) is 19.3 Å². The van der Waals surface area contributed by atoms with E-state index in [2.05, 4.69) is 19.2 Å². The van der Waals surface area contributed by atoms with Crippen molar-refractivity contribution in [1.82, 2.24) is 5.32 Å². The van der Waals surface area contributed by atoms with Gasteiger partial charge in [0.1, 0.15) is 13.3 Å². The zero-order valence-corrected chi connectivity index (χ0v) is 22.5. The van der Waals surface area contributed by atoms with Gasteiger partial charge in [0.25, 0.3) is 0 Å². The van der Waals surface area contributed by atoms with Gasteiger partial charge in [-0.05, 0) is 49.7 Å². The second-order valence-corrected chi connectivity index (χ2v) is 11.6. The Morgan fingerprint density at radius 3 is 2.78 bits per heavy atom. The molecule has 9 nitrogen and oxygen atoms in total. The summed E-state index contributed by atoms with van der Waals surface area (Å²) in [6.07, 6.45) is 7.59. The molecule has 2 saturated carbocycles. The number of aliphatic hydroxyl groups is 1. The summed E-state index contributed by atoms with van der Waals surface area (Å²) in [6, 6.07) is 0. The fourth-order valence-electron chi connectivity index (χ4n) is 7.46. The minimum Gasteiger partial charge on any atom is -0.393 e. The Labute approximate surface area is 219 Å². The lowest BCUT2D eigenvalue weighted by Crippen LogP contribution is -2.66. The molecular formula is C28H42N2O7. The topological polar surface area (TPSA) is 137 Å². The maximum absolute atomic E-state index is 13.9. The summed E-state index contributed by atoms with van der Waals surface area (Å²) in [5.74, 6) is -0.542. The lowest BCUT2D eigenvalue weighted by molar-refractivity contribution is -0.208. The SMILES string of the molecule is CCCC1OCC(C(=O)COCNC(=O)CN)(C2(C)CC(O)C3C(CCC4=CC(=O)C=CC43C)C2C)O1. The number of amides is 1. The van der Waals surface area contributed by atoms with Gasteiger partial charge in [-0.3, -0.25) is 14.4 Å². The lowest BCUT2D eigenvalue weighted by Gasteiger charge is -2.61. The maximum atomic E-state index is 13.9. The van der Waals surface area contributed by atoms with Crippen molar-refractivity contribution in [3.8, 4) is 0 Å². The van der Waals surface area contributed by atoms with Crippen molar-refractivity contribution >= 4 is 17.5 Å². The third-order valence-corrected chi connectivity index (χ3v) is 9.69. The second-order valence-electron chi connectivity index (χ2n) is 11.6. The first kappa shape index (κ1) is 28.1. The number of rotatable bonds is 9. The van der Waals surface area contributed by atoms with E-state index < -0.39 is 28.8 Å². The number of nitrogens with two attached hydrogens (primary N) is 1. The van der Waals surface area contributed by atoms with Gasteiger partial charge in [-0.2, -0.15) is 0 Å². The van der Waals surface area contributed by atoms with Crippen LogP contribution in [-0.2, 0) is 28.6 Å². The predicted molar refractivity (Wildman–Crippen MR) is 136 cm³/mol. The Hall–Kier alpha value is -1.91. The van der Waals surface area contributed by atoms with Gasteiger partial charge in [-0.1, -0.05) is 45.8 Å². The molecule has 8 atom stereocenters.